The number of piperazine rings is 1. The van der Waals surface area contributed by atoms with Crippen LogP contribution in [-0.2, 0) is 10.0 Å². The van der Waals surface area contributed by atoms with Gasteiger partial charge in [0.05, 0.1) is 6.07 Å². The Morgan fingerprint density at radius 3 is 2.53 bits per heavy atom. The first-order chi connectivity index (χ1) is 6.89. The van der Waals surface area contributed by atoms with Crippen molar-refractivity contribution in [2.45, 2.75) is 25.1 Å². The van der Waals surface area contributed by atoms with Gasteiger partial charge in [-0.1, -0.05) is 0 Å². The van der Waals surface area contributed by atoms with E-state index in [1.54, 1.807) is 6.07 Å². The average Bonchev–Trinajstić information content (AvgIpc) is 2.20. The van der Waals surface area contributed by atoms with Crippen molar-refractivity contribution in [1.82, 2.24) is 9.21 Å². The van der Waals surface area contributed by atoms with Crippen molar-refractivity contribution in [3.63, 3.8) is 0 Å². The molecule has 1 aliphatic rings. The predicted molar refractivity (Wildman–Crippen MR) is 57.7 cm³/mol. The minimum atomic E-state index is -3.42. The first kappa shape index (κ1) is 12.4. The Labute approximate surface area is 91.3 Å². The molecule has 1 saturated heterocycles. The summed E-state index contributed by atoms with van der Waals surface area (Å²) in [5.41, 5.74) is 0. The lowest BCUT2D eigenvalue weighted by molar-refractivity contribution is 0.159. The molecule has 0 radical (unpaired) electrons. The summed E-state index contributed by atoms with van der Waals surface area (Å²) < 4.78 is 25.1. The molecule has 15 heavy (non-hydrogen) atoms. The van der Waals surface area contributed by atoms with E-state index < -0.39 is 15.3 Å². The van der Waals surface area contributed by atoms with Gasteiger partial charge in [0.15, 0.2) is 5.25 Å². The van der Waals surface area contributed by atoms with Gasteiger partial charge in [0.25, 0.3) is 0 Å². The van der Waals surface area contributed by atoms with Gasteiger partial charge in [0.2, 0.25) is 10.0 Å². The van der Waals surface area contributed by atoms with Crippen LogP contribution in [0.5, 0.6) is 0 Å². The van der Waals surface area contributed by atoms with E-state index in [2.05, 4.69) is 4.90 Å². The Balaban J connectivity index is 2.79. The predicted octanol–water partition coefficient (Wildman–Crippen LogP) is -0.136. The van der Waals surface area contributed by atoms with Crippen LogP contribution in [0, 0.1) is 11.3 Å². The van der Waals surface area contributed by atoms with Crippen LogP contribution in [0.25, 0.3) is 0 Å². The first-order valence-corrected chi connectivity index (χ1v) is 6.48. The summed E-state index contributed by atoms with van der Waals surface area (Å²) in [6.07, 6.45) is 0. The standard InChI is InChI=1S/C9H17N3O2S/c1-8-7-12(5-4-11(8)3)15(13,14)9(2)6-10/h8-9H,4-5,7H2,1-3H3. The molecule has 0 saturated carbocycles. The molecule has 0 aromatic heterocycles. The van der Waals surface area contributed by atoms with E-state index >= 15 is 0 Å². The number of nitrogens with zero attached hydrogens (tertiary/aromatic N) is 3. The number of likely N-dealkylation sites (N-methyl/N-ethyl adjacent to an activating group) is 1. The fourth-order valence-electron chi connectivity index (χ4n) is 1.54. The molecule has 0 bridgehead atoms. The maximum atomic E-state index is 11.9. The van der Waals surface area contributed by atoms with Gasteiger partial charge >= 0.3 is 0 Å². The van der Waals surface area contributed by atoms with Gasteiger partial charge in [-0.25, -0.2) is 8.42 Å². The van der Waals surface area contributed by atoms with Crippen LogP contribution in [0.3, 0.4) is 0 Å². The van der Waals surface area contributed by atoms with Crippen LogP contribution in [0.15, 0.2) is 0 Å². The molecule has 1 aliphatic heterocycles. The smallest absolute Gasteiger partial charge is 0.230 e. The fourth-order valence-corrected chi connectivity index (χ4v) is 2.88. The summed E-state index contributed by atoms with van der Waals surface area (Å²) in [5, 5.41) is 7.70. The largest absolute Gasteiger partial charge is 0.301 e. The highest BCUT2D eigenvalue weighted by Crippen LogP contribution is 2.14. The van der Waals surface area contributed by atoms with Crippen LogP contribution in [0.1, 0.15) is 13.8 Å². The van der Waals surface area contributed by atoms with Crippen LogP contribution in [-0.4, -0.2) is 55.6 Å². The van der Waals surface area contributed by atoms with Crippen LogP contribution >= 0.6 is 0 Å². The van der Waals surface area contributed by atoms with Crippen LogP contribution < -0.4 is 0 Å². The zero-order valence-electron chi connectivity index (χ0n) is 9.34. The maximum absolute atomic E-state index is 11.9. The second-order valence-corrected chi connectivity index (χ2v) is 6.26. The summed E-state index contributed by atoms with van der Waals surface area (Å²) in [7, 11) is -1.45. The van der Waals surface area contributed by atoms with Gasteiger partial charge in [-0.15, -0.1) is 0 Å². The Morgan fingerprint density at radius 2 is 2.07 bits per heavy atom. The Morgan fingerprint density at radius 1 is 1.47 bits per heavy atom. The molecule has 5 nitrogen and oxygen atoms in total. The Bertz CT molecular complexity index is 360. The molecule has 0 N–H and O–H groups in total. The monoisotopic (exact) mass is 231 g/mol. The quantitative estimate of drug-likeness (QED) is 0.664. The van der Waals surface area contributed by atoms with Gasteiger partial charge in [0, 0.05) is 25.7 Å². The zero-order chi connectivity index (χ0) is 11.6. The zero-order valence-corrected chi connectivity index (χ0v) is 10.2. The minimum absolute atomic E-state index is 0.208. The third kappa shape index (κ3) is 2.48. The highest BCUT2D eigenvalue weighted by molar-refractivity contribution is 7.89. The van der Waals surface area contributed by atoms with Crippen molar-refractivity contribution in [2.24, 2.45) is 0 Å². The van der Waals surface area contributed by atoms with Crippen molar-refractivity contribution in [3.8, 4) is 6.07 Å². The highest BCUT2D eigenvalue weighted by atomic mass is 32.2. The summed E-state index contributed by atoms with van der Waals surface area (Å²) >= 11 is 0. The van der Waals surface area contributed by atoms with Crippen LogP contribution in [0.2, 0.25) is 0 Å². The molecule has 0 aliphatic carbocycles. The number of hydrogen-bond donors (Lipinski definition) is 0. The van der Waals surface area contributed by atoms with Crippen molar-refractivity contribution < 1.29 is 8.42 Å². The average molecular weight is 231 g/mol. The van der Waals surface area contributed by atoms with E-state index in [9.17, 15) is 8.42 Å². The molecule has 0 amide bonds. The molecule has 86 valence electrons. The van der Waals surface area contributed by atoms with E-state index in [0.29, 0.717) is 13.1 Å². The second kappa shape index (κ2) is 4.47. The molecule has 1 heterocycles. The Hall–Kier alpha value is -0.640. The molecular formula is C9H17N3O2S. The van der Waals surface area contributed by atoms with E-state index in [4.69, 9.17) is 5.26 Å². The lowest BCUT2D eigenvalue weighted by Crippen LogP contribution is -2.53. The number of hydrogen-bond acceptors (Lipinski definition) is 4. The number of rotatable bonds is 2. The molecule has 0 spiro atoms. The minimum Gasteiger partial charge on any atom is -0.301 e. The van der Waals surface area contributed by atoms with Crippen molar-refractivity contribution in [3.05, 3.63) is 0 Å². The highest BCUT2D eigenvalue weighted by Gasteiger charge is 2.33. The third-order valence-corrected chi connectivity index (χ3v) is 4.96. The topological polar surface area (TPSA) is 64.4 Å². The summed E-state index contributed by atoms with van der Waals surface area (Å²) in [6, 6.07) is 1.99. The summed E-state index contributed by atoms with van der Waals surface area (Å²) in [6.45, 7) is 5.09. The first-order valence-electron chi connectivity index (χ1n) is 4.98. The van der Waals surface area contributed by atoms with E-state index in [0.717, 1.165) is 6.54 Å². The van der Waals surface area contributed by atoms with E-state index in [1.165, 1.54) is 11.2 Å². The van der Waals surface area contributed by atoms with E-state index in [-0.39, 0.29) is 6.04 Å². The molecular weight excluding hydrogens is 214 g/mol. The third-order valence-electron chi connectivity index (χ3n) is 2.91. The second-order valence-electron chi connectivity index (χ2n) is 4.00. The van der Waals surface area contributed by atoms with Crippen LogP contribution in [0.4, 0.5) is 0 Å². The van der Waals surface area contributed by atoms with Gasteiger partial charge < -0.3 is 4.90 Å². The summed E-state index contributed by atoms with van der Waals surface area (Å²) in [4.78, 5) is 2.11. The molecule has 0 aromatic carbocycles. The number of nitriles is 1. The van der Waals surface area contributed by atoms with Gasteiger partial charge in [-0.3, -0.25) is 0 Å². The fraction of sp³-hybridized carbons (Fsp3) is 0.889. The van der Waals surface area contributed by atoms with Gasteiger partial charge in [-0.05, 0) is 20.9 Å². The molecule has 0 aromatic rings. The number of sulfonamides is 1. The Kier molecular flexibility index (Phi) is 3.71. The molecule has 2 unspecified atom stereocenters. The molecule has 1 fully saturated rings. The maximum Gasteiger partial charge on any atom is 0.230 e. The van der Waals surface area contributed by atoms with Gasteiger partial charge in [-0.2, -0.15) is 9.57 Å². The van der Waals surface area contributed by atoms with Crippen molar-refractivity contribution in [1.29, 1.82) is 5.26 Å². The molecule has 1 rings (SSSR count). The SMILES string of the molecule is CC1CN(S(=O)(=O)C(C)C#N)CCN1C. The van der Waals surface area contributed by atoms with E-state index in [1.807, 2.05) is 14.0 Å². The normalized spacial score (nSPS) is 27.2. The molecule has 6 heteroatoms. The lowest BCUT2D eigenvalue weighted by Gasteiger charge is -2.37. The summed E-state index contributed by atoms with van der Waals surface area (Å²) in [5.74, 6) is 0. The molecule has 2 atom stereocenters. The van der Waals surface area contributed by atoms with Crippen molar-refractivity contribution >= 4 is 10.0 Å². The van der Waals surface area contributed by atoms with Crippen molar-refractivity contribution in [2.75, 3.05) is 26.7 Å². The lowest BCUT2D eigenvalue weighted by atomic mass is 10.2. The van der Waals surface area contributed by atoms with Gasteiger partial charge in [0.1, 0.15) is 0 Å².